The standard InChI is InChI=1S/C21H15BrN2OS.C21H18BrNO.C13H13N.C7H6BrNO2/c22-16-11-12-18-17(13-16)20(25)24(21(26)23-18)19(14-7-3-1-4-8-14)15-9-5-2-6-10-15;22-17-11-12-20(23)19(13-17)21(24)14-18(15-7-3-1-4-8-15)16-9-5-2-6-10-16;14-13(11-7-3-1-4-8-11)12-9-5-2-6-10-12;8-4-1-2-6(9)5(3-4)7(10)11/h1-13,19H,(H,23,26);1-13,18H,14,23H2;1-10,13H,14H2;1-3H,9H2,(H,10,11). The normalized spacial score (nSPS) is 10.7. The summed E-state index contributed by atoms with van der Waals surface area (Å²) in [5, 5.41) is 9.19. The van der Waals surface area contributed by atoms with Gasteiger partial charge in [-0.05, 0) is 100 Å². The summed E-state index contributed by atoms with van der Waals surface area (Å²) in [7, 11) is 0. The van der Waals surface area contributed by atoms with Gasteiger partial charge in [0.05, 0.1) is 28.6 Å². The molecule has 8 N–H and O–H groups in total. The van der Waals surface area contributed by atoms with Gasteiger partial charge < -0.3 is 27.3 Å². The fourth-order valence-electron chi connectivity index (χ4n) is 8.29. The maximum absolute atomic E-state index is 13.3. The summed E-state index contributed by atoms with van der Waals surface area (Å²) in [5.74, 6) is -0.950. The van der Waals surface area contributed by atoms with Gasteiger partial charge in [-0.2, -0.15) is 0 Å². The summed E-state index contributed by atoms with van der Waals surface area (Å²) >= 11 is 15.6. The lowest BCUT2D eigenvalue weighted by atomic mass is 9.85. The number of carbonyl (C=O) groups excluding carboxylic acids is 1. The van der Waals surface area contributed by atoms with Crippen molar-refractivity contribution in [2.75, 3.05) is 11.5 Å². The predicted octanol–water partition coefficient (Wildman–Crippen LogP) is 15.4. The molecule has 0 aliphatic carbocycles. The SMILES string of the molecule is NC(c1ccccc1)c1ccccc1.Nc1ccc(Br)cc1C(=O)CC(c1ccccc1)c1ccccc1.Nc1ccc(Br)cc1C(=O)O.O=c1c2cc(Br)ccc2[nH]c(=S)n1C(c1ccccc1)c1ccccc1. The van der Waals surface area contributed by atoms with Crippen molar-refractivity contribution in [3.8, 4) is 0 Å². The summed E-state index contributed by atoms with van der Waals surface area (Å²) < 4.78 is 4.49. The van der Waals surface area contributed by atoms with Gasteiger partial charge in [-0.3, -0.25) is 14.2 Å². The number of nitrogens with zero attached hydrogens (tertiary/aromatic N) is 1. The molecule has 376 valence electrons. The Morgan fingerprint density at radius 1 is 0.507 bits per heavy atom. The lowest BCUT2D eigenvalue weighted by molar-refractivity contribution is 0.0697. The number of Topliss-reactive ketones (excluding diaryl/α,β-unsaturated/α-hetero) is 1. The van der Waals surface area contributed by atoms with Crippen LogP contribution in [0.4, 0.5) is 11.4 Å². The van der Waals surface area contributed by atoms with E-state index < -0.39 is 5.97 Å². The van der Waals surface area contributed by atoms with Crippen LogP contribution in [0.3, 0.4) is 0 Å². The highest BCUT2D eigenvalue weighted by Crippen LogP contribution is 2.32. The van der Waals surface area contributed by atoms with E-state index in [1.165, 1.54) is 6.07 Å². The zero-order valence-electron chi connectivity index (χ0n) is 40.3. The van der Waals surface area contributed by atoms with E-state index >= 15 is 0 Å². The van der Waals surface area contributed by atoms with Gasteiger partial charge in [-0.15, -0.1) is 0 Å². The van der Waals surface area contributed by atoms with Crippen LogP contribution in [0.25, 0.3) is 10.9 Å². The number of nitrogens with one attached hydrogen (secondary N) is 1. The van der Waals surface area contributed by atoms with E-state index in [-0.39, 0.29) is 40.6 Å². The highest BCUT2D eigenvalue weighted by molar-refractivity contribution is 9.11. The second-order valence-electron chi connectivity index (χ2n) is 17.1. The fourth-order valence-corrected chi connectivity index (χ4v) is 9.67. The van der Waals surface area contributed by atoms with E-state index in [2.05, 4.69) is 101 Å². The molecule has 75 heavy (non-hydrogen) atoms. The summed E-state index contributed by atoms with van der Waals surface area (Å²) in [5.41, 5.74) is 26.2. The van der Waals surface area contributed by atoms with E-state index in [9.17, 15) is 14.4 Å². The molecule has 9 nitrogen and oxygen atoms in total. The number of anilines is 2. The number of carboxylic acids is 1. The average Bonchev–Trinajstić information content (AvgIpc) is 3.44. The third-order valence-electron chi connectivity index (χ3n) is 12.1. The Balaban J connectivity index is 0.000000154. The molecule has 9 aromatic carbocycles. The Morgan fingerprint density at radius 2 is 0.867 bits per heavy atom. The zero-order chi connectivity index (χ0) is 53.3. The topological polar surface area (TPSA) is 170 Å². The summed E-state index contributed by atoms with van der Waals surface area (Å²) in [6.45, 7) is 0. The molecule has 0 bridgehead atoms. The molecule has 0 radical (unpaired) electrons. The van der Waals surface area contributed by atoms with E-state index in [0.717, 1.165) is 47.8 Å². The fraction of sp³-hybridized carbons (Fsp3) is 0.0645. The van der Waals surface area contributed by atoms with Crippen LogP contribution in [-0.2, 0) is 0 Å². The molecule has 0 amide bonds. The number of aromatic amines is 1. The molecule has 10 aromatic rings. The lowest BCUT2D eigenvalue weighted by Gasteiger charge is -2.21. The van der Waals surface area contributed by atoms with Gasteiger partial charge in [-0.1, -0.05) is 230 Å². The summed E-state index contributed by atoms with van der Waals surface area (Å²) in [6, 6.07) is 75.8. The number of nitrogens with two attached hydrogens (primary N) is 3. The Kier molecular flexibility index (Phi) is 20.0. The number of nitrogen functional groups attached to an aromatic ring is 2. The van der Waals surface area contributed by atoms with Crippen molar-refractivity contribution in [3.05, 3.63) is 310 Å². The molecular weight excluding hydrogens is 1150 g/mol. The molecule has 0 atom stereocenters. The molecule has 1 heterocycles. The molecule has 0 fully saturated rings. The van der Waals surface area contributed by atoms with Crippen LogP contribution in [-0.4, -0.2) is 26.4 Å². The Hall–Kier alpha value is -7.52. The van der Waals surface area contributed by atoms with Gasteiger partial charge in [0.15, 0.2) is 10.6 Å². The molecule has 0 spiro atoms. The summed E-state index contributed by atoms with van der Waals surface area (Å²) in [6.07, 6.45) is 0.384. The van der Waals surface area contributed by atoms with Crippen LogP contribution >= 0.6 is 60.0 Å². The molecule has 0 saturated carbocycles. The first-order valence-corrected chi connectivity index (χ1v) is 26.4. The number of ketones is 1. The van der Waals surface area contributed by atoms with E-state index in [1.54, 1.807) is 28.8 Å². The van der Waals surface area contributed by atoms with Crippen LogP contribution < -0.4 is 22.8 Å². The average molecular weight is 1200 g/mol. The second-order valence-corrected chi connectivity index (χ2v) is 20.2. The van der Waals surface area contributed by atoms with Crippen LogP contribution in [0, 0.1) is 4.77 Å². The van der Waals surface area contributed by atoms with Gasteiger partial charge in [-0.25, -0.2) is 4.79 Å². The largest absolute Gasteiger partial charge is 0.478 e. The van der Waals surface area contributed by atoms with Crippen molar-refractivity contribution in [2.24, 2.45) is 5.73 Å². The predicted molar refractivity (Wildman–Crippen MR) is 318 cm³/mol. The Labute approximate surface area is 466 Å². The summed E-state index contributed by atoms with van der Waals surface area (Å²) in [4.78, 5) is 39.9. The number of aromatic nitrogens is 2. The maximum Gasteiger partial charge on any atom is 0.337 e. The number of carboxylic acid groups (broad SMARTS) is 1. The highest BCUT2D eigenvalue weighted by Gasteiger charge is 2.22. The van der Waals surface area contributed by atoms with Crippen molar-refractivity contribution >= 4 is 94.0 Å². The third-order valence-corrected chi connectivity index (χ3v) is 13.8. The van der Waals surface area contributed by atoms with E-state index in [0.29, 0.717) is 32.3 Å². The number of aromatic carboxylic acids is 1. The number of fused-ring (bicyclic) bond motifs is 1. The number of hydrogen-bond donors (Lipinski definition) is 5. The van der Waals surface area contributed by atoms with Gasteiger partial charge in [0, 0.05) is 42.7 Å². The maximum atomic E-state index is 13.3. The lowest BCUT2D eigenvalue weighted by Crippen LogP contribution is -2.28. The van der Waals surface area contributed by atoms with E-state index in [4.69, 9.17) is 34.5 Å². The van der Waals surface area contributed by atoms with Gasteiger partial charge in [0.1, 0.15) is 0 Å². The molecule has 13 heteroatoms. The first kappa shape index (κ1) is 55.2. The van der Waals surface area contributed by atoms with Crippen molar-refractivity contribution < 1.29 is 14.7 Å². The van der Waals surface area contributed by atoms with Crippen LogP contribution in [0.2, 0.25) is 0 Å². The molecule has 1 aromatic heterocycles. The van der Waals surface area contributed by atoms with Crippen molar-refractivity contribution in [3.63, 3.8) is 0 Å². The number of rotatable bonds is 11. The monoisotopic (exact) mass is 1200 g/mol. The molecule has 0 unspecified atom stereocenters. The van der Waals surface area contributed by atoms with Crippen molar-refractivity contribution in [1.29, 1.82) is 0 Å². The quantitative estimate of drug-likeness (QED) is 0.0484. The number of H-pyrrole nitrogens is 1. The first-order chi connectivity index (χ1) is 36.3. The van der Waals surface area contributed by atoms with E-state index in [1.807, 2.05) is 158 Å². The first-order valence-electron chi connectivity index (χ1n) is 23.6. The Bertz CT molecular complexity index is 3470. The number of carbonyl (C=O) groups is 2. The molecule has 0 saturated heterocycles. The second kappa shape index (κ2) is 27.1. The van der Waals surface area contributed by atoms with Crippen LogP contribution in [0.1, 0.15) is 78.5 Å². The van der Waals surface area contributed by atoms with Gasteiger partial charge in [0.2, 0.25) is 0 Å². The van der Waals surface area contributed by atoms with Gasteiger partial charge >= 0.3 is 5.97 Å². The smallest absolute Gasteiger partial charge is 0.337 e. The molecular formula is C62H52Br3N5O4S. The van der Waals surface area contributed by atoms with Crippen molar-refractivity contribution in [2.45, 2.75) is 24.4 Å². The zero-order valence-corrected chi connectivity index (χ0v) is 45.9. The number of hydrogen-bond acceptors (Lipinski definition) is 7. The number of benzene rings is 9. The number of halogens is 3. The van der Waals surface area contributed by atoms with Crippen LogP contribution in [0.5, 0.6) is 0 Å². The minimum Gasteiger partial charge on any atom is -0.478 e. The highest BCUT2D eigenvalue weighted by atomic mass is 79.9. The molecule has 0 aliphatic heterocycles. The minimum atomic E-state index is -1.01. The minimum absolute atomic E-state index is 0.0123. The molecule has 10 rings (SSSR count). The van der Waals surface area contributed by atoms with Crippen molar-refractivity contribution in [1.82, 2.24) is 9.55 Å². The molecule has 0 aliphatic rings. The third kappa shape index (κ3) is 15.1. The van der Waals surface area contributed by atoms with Gasteiger partial charge in [0.25, 0.3) is 5.56 Å². The van der Waals surface area contributed by atoms with Crippen LogP contribution in [0.15, 0.2) is 255 Å². The Morgan fingerprint density at radius 3 is 1.28 bits per heavy atom.